The molecule has 0 unspecified atom stereocenters. The van der Waals surface area contributed by atoms with E-state index in [9.17, 15) is 5.41 Å². The molecule has 0 atom stereocenters. The molecule has 5 heteroatoms. The van der Waals surface area contributed by atoms with Gasteiger partial charge in [0.2, 0.25) is 0 Å². The first-order valence-corrected chi connectivity index (χ1v) is 15.9. The van der Waals surface area contributed by atoms with Gasteiger partial charge >= 0.3 is 0 Å². The third-order valence-electron chi connectivity index (χ3n) is 8.82. The number of hydrogen-bond donors (Lipinski definition) is 0. The first-order valence-electron chi connectivity index (χ1n) is 15.9. The van der Waals surface area contributed by atoms with Gasteiger partial charge in [0, 0.05) is 21.1 Å². The summed E-state index contributed by atoms with van der Waals surface area (Å²) in [4.78, 5) is 15.6. The van der Waals surface area contributed by atoms with E-state index in [-0.39, 0.29) is 21.1 Å². The van der Waals surface area contributed by atoms with Crippen LogP contribution in [0.4, 0.5) is 0 Å². The fraction of sp³-hybridized carbons (Fsp3) is 0.459. The van der Waals surface area contributed by atoms with Crippen LogP contribution in [-0.4, -0.2) is 4.98 Å². The van der Waals surface area contributed by atoms with Gasteiger partial charge in [-0.3, -0.25) is 0 Å². The molecule has 0 fully saturated rings. The summed E-state index contributed by atoms with van der Waals surface area (Å²) >= 11 is 0. The van der Waals surface area contributed by atoms with E-state index in [1.807, 2.05) is 6.07 Å². The van der Waals surface area contributed by atoms with Crippen molar-refractivity contribution in [2.75, 3.05) is 0 Å². The van der Waals surface area contributed by atoms with Gasteiger partial charge in [0.25, 0.3) is 0 Å². The molecule has 228 valence electrons. The predicted molar refractivity (Wildman–Crippen MR) is 176 cm³/mol. The monoisotopic (exact) mass is 742 g/mol. The molecule has 1 aliphatic heterocycles. The third-order valence-corrected chi connectivity index (χ3v) is 8.82. The molecule has 0 saturated heterocycles. The molecule has 0 spiro atoms. The van der Waals surface area contributed by atoms with Crippen molar-refractivity contribution in [2.45, 2.75) is 114 Å². The molecule has 4 nitrogen and oxygen atoms in total. The molecule has 3 aromatic rings. The van der Waals surface area contributed by atoms with E-state index in [4.69, 9.17) is 15.0 Å². The van der Waals surface area contributed by atoms with Crippen LogP contribution in [0.3, 0.4) is 0 Å². The van der Waals surface area contributed by atoms with Crippen molar-refractivity contribution in [1.29, 1.82) is 0 Å². The van der Waals surface area contributed by atoms with E-state index < -0.39 is 0 Å². The van der Waals surface area contributed by atoms with Gasteiger partial charge in [0.05, 0.1) is 11.4 Å². The molecule has 4 heterocycles. The zero-order chi connectivity index (χ0) is 29.8. The molecule has 0 N–H and O–H groups in total. The van der Waals surface area contributed by atoms with Crippen molar-refractivity contribution in [3.8, 4) is 0 Å². The Morgan fingerprint density at radius 1 is 0.500 bits per heavy atom. The second kappa shape index (κ2) is 14.6. The molecular formula is C37H47N4Pt-3. The van der Waals surface area contributed by atoms with Crippen LogP contribution in [0.2, 0.25) is 0 Å². The number of nitrogens with zero attached hydrogens (tertiary/aromatic N) is 4. The van der Waals surface area contributed by atoms with E-state index >= 15 is 0 Å². The Morgan fingerprint density at radius 3 is 1.21 bits per heavy atom. The van der Waals surface area contributed by atoms with Crippen LogP contribution in [-0.2, 0) is 59.6 Å². The smallest absolute Gasteiger partial charge is 0.0660 e. The summed E-state index contributed by atoms with van der Waals surface area (Å²) in [7, 11) is 0. The van der Waals surface area contributed by atoms with E-state index in [2.05, 4.69) is 80.5 Å². The molecule has 0 saturated carbocycles. The minimum Gasteiger partial charge on any atom is -0.804 e. The Balaban J connectivity index is 0.00000484. The van der Waals surface area contributed by atoms with Crippen molar-refractivity contribution in [3.05, 3.63) is 85.4 Å². The first-order chi connectivity index (χ1) is 19.8. The number of hydrogen-bond acceptors (Lipinski definition) is 1. The minimum absolute atomic E-state index is 0. The van der Waals surface area contributed by atoms with Crippen LogP contribution < -0.4 is 15.3 Å². The molecule has 4 rings (SSSR count). The van der Waals surface area contributed by atoms with Gasteiger partial charge in [0.15, 0.2) is 0 Å². The van der Waals surface area contributed by atoms with Crippen molar-refractivity contribution < 1.29 is 21.1 Å². The van der Waals surface area contributed by atoms with Gasteiger partial charge in [-0.25, -0.2) is 4.98 Å². The van der Waals surface area contributed by atoms with E-state index in [1.165, 1.54) is 39.0 Å². The molecule has 0 aromatic carbocycles. The van der Waals surface area contributed by atoms with Gasteiger partial charge in [-0.1, -0.05) is 107 Å². The van der Waals surface area contributed by atoms with Crippen LogP contribution in [0.15, 0.2) is 24.3 Å². The first kappa shape index (κ1) is 33.8. The van der Waals surface area contributed by atoms with Crippen LogP contribution in [0.25, 0.3) is 38.6 Å². The molecule has 0 amide bonds. The van der Waals surface area contributed by atoms with Crippen LogP contribution in [0.1, 0.15) is 119 Å². The van der Waals surface area contributed by atoms with E-state index in [0.29, 0.717) is 5.36 Å². The second-order valence-corrected chi connectivity index (χ2v) is 10.9. The Bertz CT molecular complexity index is 1700. The molecule has 0 radical (unpaired) electrons. The largest absolute Gasteiger partial charge is 0.804 e. The maximum atomic E-state index is 11.6. The van der Waals surface area contributed by atoms with Crippen LogP contribution >= 0.6 is 0 Å². The zero-order valence-electron chi connectivity index (χ0n) is 27.1. The third kappa shape index (κ3) is 6.16. The average molecular weight is 743 g/mol. The summed E-state index contributed by atoms with van der Waals surface area (Å²) in [6, 6.07) is 8.54. The van der Waals surface area contributed by atoms with Crippen molar-refractivity contribution >= 4 is 33.2 Å². The van der Waals surface area contributed by atoms with Crippen molar-refractivity contribution in [1.82, 2.24) is 15.0 Å². The summed E-state index contributed by atoms with van der Waals surface area (Å²) in [6.45, 7) is 19.7. The van der Waals surface area contributed by atoms with Gasteiger partial charge in [0.1, 0.15) is 0 Å². The maximum Gasteiger partial charge on any atom is 0.0660 e. The summed E-state index contributed by atoms with van der Waals surface area (Å²) < 4.78 is 0. The average Bonchev–Trinajstić information content (AvgIpc) is 3.59. The quantitative estimate of drug-likeness (QED) is 0.232. The summed E-state index contributed by atoms with van der Waals surface area (Å²) in [5, 5.41) is 11.9. The van der Waals surface area contributed by atoms with Gasteiger partial charge in [-0.05, 0) is 80.6 Å². The van der Waals surface area contributed by atoms with Crippen molar-refractivity contribution in [3.63, 3.8) is 0 Å². The number of aromatic nitrogens is 3. The molecule has 42 heavy (non-hydrogen) atoms. The summed E-state index contributed by atoms with van der Waals surface area (Å²) in [5.74, 6) is 0. The normalized spacial score (nSPS) is 12.0. The number of fused-ring (bicyclic) bond motifs is 6. The Hall–Kier alpha value is -2.71. The van der Waals surface area contributed by atoms with Crippen LogP contribution in [0, 0.1) is 6.92 Å². The number of allylic oxidation sites excluding steroid dienone is 2. The van der Waals surface area contributed by atoms with Crippen LogP contribution in [0.5, 0.6) is 0 Å². The molecule has 1 aliphatic rings. The molecule has 3 aromatic heterocycles. The molecule has 0 aliphatic carbocycles. The Labute approximate surface area is 267 Å². The van der Waals surface area contributed by atoms with Gasteiger partial charge in [-0.15, -0.1) is 22.1 Å². The minimum atomic E-state index is 0. The fourth-order valence-electron chi connectivity index (χ4n) is 6.85. The predicted octanol–water partition coefficient (Wildman–Crippen LogP) is 8.75. The summed E-state index contributed by atoms with van der Waals surface area (Å²) in [5.41, 5.74) is 16.9. The van der Waals surface area contributed by atoms with E-state index in [1.54, 1.807) is 0 Å². The number of aryl methyl sites for hydroxylation is 5. The topological polar surface area (TPSA) is 63.4 Å². The molecule has 6 bridgehead atoms. The Morgan fingerprint density at radius 2 is 0.857 bits per heavy atom. The second-order valence-electron chi connectivity index (χ2n) is 10.9. The maximum absolute atomic E-state index is 11.6. The van der Waals surface area contributed by atoms with Crippen molar-refractivity contribution in [2.24, 2.45) is 0 Å². The fourth-order valence-corrected chi connectivity index (χ4v) is 6.85. The Kier molecular flexibility index (Phi) is 11.8. The SMILES string of the molecule is CCC1=C(CC)c2cc3[n-]c(cc(=[N-])c(CC)c(CC)c(C)cc4[n-]c(cc1n2)c(CC)c4CC)c(CC)c3CC.[Pt]. The number of rotatable bonds is 8. The van der Waals surface area contributed by atoms with Gasteiger partial charge < -0.3 is 15.4 Å². The summed E-state index contributed by atoms with van der Waals surface area (Å²) in [6.07, 6.45) is 7.02. The van der Waals surface area contributed by atoms with E-state index in [0.717, 1.165) is 95.9 Å². The zero-order valence-corrected chi connectivity index (χ0v) is 29.3. The molecular weight excluding hydrogens is 696 g/mol. The van der Waals surface area contributed by atoms with Gasteiger partial charge in [-0.2, -0.15) is 5.36 Å². The standard InChI is InChI=1S/C37H47N4.Pt/c1-10-23-22(9)18-32-25(12-3)27(14-5)34(39-32)20-36-29(16-7)30(17-8)37(41-36)21-35-28(15-6)26(13-4)33(40-35)19-31(38)24(23)11-2;/h18-21H,10-17H2,1-9H3;/q-3;.